The molecule has 1 amide bonds. The summed E-state index contributed by atoms with van der Waals surface area (Å²) >= 11 is 0. The van der Waals surface area contributed by atoms with Gasteiger partial charge in [0.1, 0.15) is 17.3 Å². The SMILES string of the molecule is O=C(Nc1ccc(F)cn1)c1cnccn1. The lowest BCUT2D eigenvalue weighted by atomic mass is 10.4. The summed E-state index contributed by atoms with van der Waals surface area (Å²) in [5.74, 6) is -0.637. The van der Waals surface area contributed by atoms with Crippen molar-refractivity contribution < 1.29 is 9.18 Å². The van der Waals surface area contributed by atoms with Crippen LogP contribution in [-0.4, -0.2) is 20.9 Å². The lowest BCUT2D eigenvalue weighted by molar-refractivity contribution is 0.102. The molecule has 2 aromatic rings. The molecule has 0 saturated carbocycles. The number of amides is 1. The molecule has 5 nitrogen and oxygen atoms in total. The molecule has 0 bridgehead atoms. The molecule has 16 heavy (non-hydrogen) atoms. The van der Waals surface area contributed by atoms with Crippen LogP contribution in [-0.2, 0) is 0 Å². The predicted molar refractivity (Wildman–Crippen MR) is 54.2 cm³/mol. The zero-order valence-electron chi connectivity index (χ0n) is 8.09. The Bertz CT molecular complexity index is 486. The van der Waals surface area contributed by atoms with E-state index >= 15 is 0 Å². The van der Waals surface area contributed by atoms with E-state index in [2.05, 4.69) is 20.3 Å². The lowest BCUT2D eigenvalue weighted by Crippen LogP contribution is -2.14. The smallest absolute Gasteiger partial charge is 0.277 e. The number of carbonyl (C=O) groups is 1. The summed E-state index contributed by atoms with van der Waals surface area (Å²) < 4.78 is 12.5. The van der Waals surface area contributed by atoms with Crippen LogP contribution in [0.5, 0.6) is 0 Å². The van der Waals surface area contributed by atoms with Gasteiger partial charge in [-0.2, -0.15) is 0 Å². The Morgan fingerprint density at radius 3 is 2.69 bits per heavy atom. The number of anilines is 1. The molecule has 0 atom stereocenters. The summed E-state index contributed by atoms with van der Waals surface area (Å²) in [6.07, 6.45) is 5.23. The molecule has 0 aliphatic heterocycles. The minimum absolute atomic E-state index is 0.175. The van der Waals surface area contributed by atoms with Crippen molar-refractivity contribution in [2.45, 2.75) is 0 Å². The molecule has 0 unspecified atom stereocenters. The molecule has 2 aromatic heterocycles. The van der Waals surface area contributed by atoms with Gasteiger partial charge in [0.2, 0.25) is 0 Å². The first-order valence-corrected chi connectivity index (χ1v) is 4.44. The molecule has 0 aliphatic rings. The van der Waals surface area contributed by atoms with E-state index in [9.17, 15) is 9.18 Å². The van der Waals surface area contributed by atoms with Crippen molar-refractivity contribution in [2.75, 3.05) is 5.32 Å². The molecule has 2 heterocycles. The first-order valence-electron chi connectivity index (χ1n) is 4.44. The maximum Gasteiger partial charge on any atom is 0.277 e. The Kier molecular flexibility index (Phi) is 2.81. The van der Waals surface area contributed by atoms with Gasteiger partial charge in [-0.3, -0.25) is 9.78 Å². The van der Waals surface area contributed by atoms with Gasteiger partial charge in [0.15, 0.2) is 0 Å². The third-order valence-corrected chi connectivity index (χ3v) is 1.76. The van der Waals surface area contributed by atoms with Crippen molar-refractivity contribution in [3.63, 3.8) is 0 Å². The topological polar surface area (TPSA) is 67.8 Å². The van der Waals surface area contributed by atoms with E-state index in [0.29, 0.717) is 0 Å². The average molecular weight is 218 g/mol. The number of rotatable bonds is 2. The first kappa shape index (κ1) is 10.2. The number of carbonyl (C=O) groups excluding carboxylic acids is 1. The summed E-state index contributed by atoms with van der Waals surface area (Å²) in [5.41, 5.74) is 0.175. The number of hydrogen-bond donors (Lipinski definition) is 1. The number of halogens is 1. The summed E-state index contributed by atoms with van der Waals surface area (Å²) in [4.78, 5) is 22.8. The minimum Gasteiger partial charge on any atom is -0.305 e. The lowest BCUT2D eigenvalue weighted by Gasteiger charge is -2.02. The molecule has 0 fully saturated rings. The van der Waals surface area contributed by atoms with Crippen LogP contribution >= 0.6 is 0 Å². The van der Waals surface area contributed by atoms with Gasteiger partial charge in [-0.15, -0.1) is 0 Å². The molecular weight excluding hydrogens is 211 g/mol. The van der Waals surface area contributed by atoms with E-state index in [1.807, 2.05) is 0 Å². The Morgan fingerprint density at radius 1 is 1.19 bits per heavy atom. The molecule has 0 spiro atoms. The monoisotopic (exact) mass is 218 g/mol. The number of pyridine rings is 1. The number of aromatic nitrogens is 3. The number of hydrogen-bond acceptors (Lipinski definition) is 4. The average Bonchev–Trinajstić information content (AvgIpc) is 2.33. The van der Waals surface area contributed by atoms with Gasteiger partial charge >= 0.3 is 0 Å². The van der Waals surface area contributed by atoms with E-state index in [1.165, 1.54) is 30.7 Å². The van der Waals surface area contributed by atoms with Crippen LogP contribution in [0, 0.1) is 5.82 Å². The zero-order valence-corrected chi connectivity index (χ0v) is 8.09. The Balaban J connectivity index is 2.11. The van der Waals surface area contributed by atoms with E-state index in [-0.39, 0.29) is 11.5 Å². The van der Waals surface area contributed by atoms with Crippen LogP contribution in [0.3, 0.4) is 0 Å². The van der Waals surface area contributed by atoms with Gasteiger partial charge in [0.25, 0.3) is 5.91 Å². The fourth-order valence-corrected chi connectivity index (χ4v) is 1.05. The van der Waals surface area contributed by atoms with Crippen LogP contribution in [0.25, 0.3) is 0 Å². The van der Waals surface area contributed by atoms with Crippen molar-refractivity contribution in [2.24, 2.45) is 0 Å². The molecule has 80 valence electrons. The van der Waals surface area contributed by atoms with Crippen molar-refractivity contribution in [1.29, 1.82) is 0 Å². The highest BCUT2D eigenvalue weighted by Crippen LogP contribution is 2.04. The largest absolute Gasteiger partial charge is 0.305 e. The molecule has 0 saturated heterocycles. The summed E-state index contributed by atoms with van der Waals surface area (Å²) in [5, 5.41) is 2.47. The fraction of sp³-hybridized carbons (Fsp3) is 0. The van der Waals surface area contributed by atoms with Crippen molar-refractivity contribution in [3.05, 3.63) is 48.4 Å². The van der Waals surface area contributed by atoms with Crippen LogP contribution < -0.4 is 5.32 Å². The second-order valence-electron chi connectivity index (χ2n) is 2.91. The summed E-state index contributed by atoms with van der Waals surface area (Å²) in [6.45, 7) is 0. The highest BCUT2D eigenvalue weighted by atomic mass is 19.1. The fourth-order valence-electron chi connectivity index (χ4n) is 1.05. The Hall–Kier alpha value is -2.37. The van der Waals surface area contributed by atoms with Crippen molar-refractivity contribution >= 4 is 11.7 Å². The van der Waals surface area contributed by atoms with Crippen LogP contribution in [0.4, 0.5) is 10.2 Å². The Labute approximate surface area is 90.4 Å². The van der Waals surface area contributed by atoms with Gasteiger partial charge in [0.05, 0.1) is 12.4 Å². The van der Waals surface area contributed by atoms with Crippen molar-refractivity contribution in [1.82, 2.24) is 15.0 Å². The van der Waals surface area contributed by atoms with Gasteiger partial charge < -0.3 is 5.32 Å². The normalized spacial score (nSPS) is 9.81. The van der Waals surface area contributed by atoms with Crippen molar-refractivity contribution in [3.8, 4) is 0 Å². The number of nitrogens with zero attached hydrogens (tertiary/aromatic N) is 3. The highest BCUT2D eigenvalue weighted by Gasteiger charge is 2.07. The highest BCUT2D eigenvalue weighted by molar-refractivity contribution is 6.01. The van der Waals surface area contributed by atoms with E-state index in [4.69, 9.17) is 0 Å². The van der Waals surface area contributed by atoms with E-state index in [1.54, 1.807) is 0 Å². The Morgan fingerprint density at radius 2 is 2.06 bits per heavy atom. The van der Waals surface area contributed by atoms with Crippen LogP contribution in [0.15, 0.2) is 36.9 Å². The van der Waals surface area contributed by atoms with Gasteiger partial charge in [-0.1, -0.05) is 0 Å². The van der Waals surface area contributed by atoms with E-state index < -0.39 is 11.7 Å². The number of nitrogens with one attached hydrogen (secondary N) is 1. The maximum atomic E-state index is 12.5. The van der Waals surface area contributed by atoms with Gasteiger partial charge in [0, 0.05) is 12.4 Å². The molecule has 1 N–H and O–H groups in total. The standard InChI is InChI=1S/C10H7FN4O/c11-7-1-2-9(14-5-7)15-10(16)8-6-12-3-4-13-8/h1-6H,(H,14,15,16). The quantitative estimate of drug-likeness (QED) is 0.824. The third kappa shape index (κ3) is 2.35. The molecular formula is C10H7FN4O. The van der Waals surface area contributed by atoms with Gasteiger partial charge in [-0.05, 0) is 12.1 Å². The molecule has 6 heteroatoms. The zero-order chi connectivity index (χ0) is 11.4. The molecule has 2 rings (SSSR count). The second kappa shape index (κ2) is 4.43. The van der Waals surface area contributed by atoms with Crippen LogP contribution in [0.1, 0.15) is 10.5 Å². The predicted octanol–water partition coefficient (Wildman–Crippen LogP) is 1.26. The minimum atomic E-state index is -0.461. The third-order valence-electron chi connectivity index (χ3n) is 1.76. The second-order valence-corrected chi connectivity index (χ2v) is 2.91. The van der Waals surface area contributed by atoms with Gasteiger partial charge in [-0.25, -0.2) is 14.4 Å². The first-order chi connectivity index (χ1) is 7.75. The molecule has 0 radical (unpaired) electrons. The van der Waals surface area contributed by atoms with Crippen LogP contribution in [0.2, 0.25) is 0 Å². The van der Waals surface area contributed by atoms with E-state index in [0.717, 1.165) is 6.20 Å². The summed E-state index contributed by atoms with van der Waals surface area (Å²) in [7, 11) is 0. The molecule has 0 aromatic carbocycles. The maximum absolute atomic E-state index is 12.5. The molecule has 0 aliphatic carbocycles. The summed E-state index contributed by atoms with van der Waals surface area (Å²) in [6, 6.07) is 2.57.